The maximum absolute atomic E-state index is 13.7. The molecule has 0 aliphatic carbocycles. The minimum absolute atomic E-state index is 0.243. The van der Waals surface area contributed by atoms with Gasteiger partial charge in [0.1, 0.15) is 5.56 Å². The predicted octanol–water partition coefficient (Wildman–Crippen LogP) is 0.917. The highest BCUT2D eigenvalue weighted by Crippen LogP contribution is 2.14. The van der Waals surface area contributed by atoms with Gasteiger partial charge in [0.25, 0.3) is 0 Å². The second-order valence-electron chi connectivity index (χ2n) is 3.14. The van der Waals surface area contributed by atoms with E-state index in [9.17, 15) is 14.0 Å². The number of hydrogen-bond acceptors (Lipinski definition) is 4. The van der Waals surface area contributed by atoms with Gasteiger partial charge in [0.2, 0.25) is 0 Å². The van der Waals surface area contributed by atoms with E-state index in [0.717, 1.165) is 16.9 Å². The van der Waals surface area contributed by atoms with Crippen molar-refractivity contribution in [2.75, 3.05) is 0 Å². The summed E-state index contributed by atoms with van der Waals surface area (Å²) in [5.74, 6) is -2.66. The predicted molar refractivity (Wildman–Crippen MR) is 53.7 cm³/mol. The molecule has 0 amide bonds. The van der Waals surface area contributed by atoms with E-state index < -0.39 is 17.3 Å². The molecule has 1 N–H and O–H groups in total. The van der Waals surface area contributed by atoms with E-state index in [1.54, 1.807) is 0 Å². The third-order valence-electron chi connectivity index (χ3n) is 2.06. The first-order valence-corrected chi connectivity index (χ1v) is 4.51. The first kappa shape index (κ1) is 10.9. The van der Waals surface area contributed by atoms with E-state index in [0.29, 0.717) is 6.29 Å². The van der Waals surface area contributed by atoms with Crippen LogP contribution in [0.25, 0.3) is 5.82 Å². The molecule has 7 heteroatoms. The summed E-state index contributed by atoms with van der Waals surface area (Å²) >= 11 is 0. The Balaban J connectivity index is 2.55. The average molecular weight is 235 g/mol. The van der Waals surface area contributed by atoms with Crippen molar-refractivity contribution < 1.29 is 19.1 Å². The van der Waals surface area contributed by atoms with Crippen molar-refractivity contribution in [1.29, 1.82) is 0 Å². The second kappa shape index (κ2) is 4.12. The van der Waals surface area contributed by atoms with Crippen molar-refractivity contribution in [2.24, 2.45) is 0 Å². The molecule has 0 saturated heterocycles. The van der Waals surface area contributed by atoms with Crippen LogP contribution >= 0.6 is 0 Å². The van der Waals surface area contributed by atoms with Crippen molar-refractivity contribution >= 4 is 12.3 Å². The molecule has 2 heterocycles. The lowest BCUT2D eigenvalue weighted by molar-refractivity contribution is 0.0691. The van der Waals surface area contributed by atoms with Crippen LogP contribution in [0.15, 0.2) is 24.7 Å². The summed E-state index contributed by atoms with van der Waals surface area (Å²) < 4.78 is 14.7. The number of aromatic carboxylic acids is 1. The Hall–Kier alpha value is -2.57. The molecule has 0 radical (unpaired) electrons. The number of hydrogen-bond donors (Lipinski definition) is 1. The molecule has 2 aromatic heterocycles. The minimum Gasteiger partial charge on any atom is -0.478 e. The SMILES string of the molecule is O=Cc1cnn(-c2nccc(C(=O)O)c2F)c1. The Kier molecular flexibility index (Phi) is 2.65. The summed E-state index contributed by atoms with van der Waals surface area (Å²) in [4.78, 5) is 24.8. The van der Waals surface area contributed by atoms with Crippen LogP contribution in [-0.2, 0) is 0 Å². The number of carboxylic acid groups (broad SMARTS) is 1. The molecule has 0 aromatic carbocycles. The van der Waals surface area contributed by atoms with Crippen LogP contribution in [0.5, 0.6) is 0 Å². The molecule has 17 heavy (non-hydrogen) atoms. The number of carboxylic acids is 1. The zero-order chi connectivity index (χ0) is 12.4. The second-order valence-corrected chi connectivity index (χ2v) is 3.14. The molecule has 0 fully saturated rings. The number of nitrogens with zero attached hydrogens (tertiary/aromatic N) is 3. The third kappa shape index (κ3) is 1.89. The van der Waals surface area contributed by atoms with Crippen LogP contribution in [0.2, 0.25) is 0 Å². The summed E-state index contributed by atoms with van der Waals surface area (Å²) in [6.07, 6.45) is 4.18. The fourth-order valence-electron chi connectivity index (χ4n) is 1.27. The molecule has 6 nitrogen and oxygen atoms in total. The van der Waals surface area contributed by atoms with Crippen molar-refractivity contribution in [2.45, 2.75) is 0 Å². The normalized spacial score (nSPS) is 10.2. The Labute approximate surface area is 94.3 Å². The zero-order valence-corrected chi connectivity index (χ0v) is 8.37. The number of aromatic nitrogens is 3. The quantitative estimate of drug-likeness (QED) is 0.799. The zero-order valence-electron chi connectivity index (χ0n) is 8.37. The van der Waals surface area contributed by atoms with Crippen molar-refractivity contribution in [3.05, 3.63) is 41.6 Å². The molecule has 0 bridgehead atoms. The molecule has 86 valence electrons. The van der Waals surface area contributed by atoms with Gasteiger partial charge in [-0.3, -0.25) is 4.79 Å². The molecule has 0 unspecified atom stereocenters. The van der Waals surface area contributed by atoms with Crippen LogP contribution in [0, 0.1) is 5.82 Å². The van der Waals surface area contributed by atoms with Gasteiger partial charge >= 0.3 is 5.97 Å². The Morgan fingerprint density at radius 3 is 2.88 bits per heavy atom. The summed E-state index contributed by atoms with van der Waals surface area (Å²) in [7, 11) is 0. The molecule has 0 saturated carbocycles. The molecule has 0 spiro atoms. The van der Waals surface area contributed by atoms with Crippen LogP contribution in [-0.4, -0.2) is 32.1 Å². The highest BCUT2D eigenvalue weighted by atomic mass is 19.1. The summed E-state index contributed by atoms with van der Waals surface area (Å²) in [6, 6.07) is 1.05. The van der Waals surface area contributed by atoms with Crippen molar-refractivity contribution in [1.82, 2.24) is 14.8 Å². The highest BCUT2D eigenvalue weighted by Gasteiger charge is 2.16. The van der Waals surface area contributed by atoms with Crippen LogP contribution in [0.4, 0.5) is 4.39 Å². The molecular formula is C10H6FN3O3. The lowest BCUT2D eigenvalue weighted by Gasteiger charge is -2.03. The monoisotopic (exact) mass is 235 g/mol. The van der Waals surface area contributed by atoms with E-state index in [1.165, 1.54) is 12.4 Å². The topological polar surface area (TPSA) is 85.1 Å². The Morgan fingerprint density at radius 2 is 2.29 bits per heavy atom. The number of rotatable bonds is 3. The van der Waals surface area contributed by atoms with Gasteiger partial charge in [-0.25, -0.2) is 18.9 Å². The molecule has 2 rings (SSSR count). The van der Waals surface area contributed by atoms with Crippen molar-refractivity contribution in [3.63, 3.8) is 0 Å². The first-order chi connectivity index (χ1) is 8.13. The molecule has 0 aliphatic rings. The van der Waals surface area contributed by atoms with E-state index in [-0.39, 0.29) is 11.4 Å². The number of carbonyl (C=O) groups excluding carboxylic acids is 1. The van der Waals surface area contributed by atoms with Gasteiger partial charge in [-0.2, -0.15) is 5.10 Å². The van der Waals surface area contributed by atoms with Gasteiger partial charge in [-0.1, -0.05) is 0 Å². The third-order valence-corrected chi connectivity index (χ3v) is 2.06. The van der Waals surface area contributed by atoms with Gasteiger partial charge in [0.05, 0.1) is 11.8 Å². The van der Waals surface area contributed by atoms with E-state index in [2.05, 4.69) is 10.1 Å². The lowest BCUT2D eigenvalue weighted by Crippen LogP contribution is -2.08. The highest BCUT2D eigenvalue weighted by molar-refractivity contribution is 5.88. The van der Waals surface area contributed by atoms with E-state index >= 15 is 0 Å². The van der Waals surface area contributed by atoms with Gasteiger partial charge in [0, 0.05) is 12.4 Å². The summed E-state index contributed by atoms with van der Waals surface area (Å²) in [6.45, 7) is 0. The minimum atomic E-state index is -1.39. The number of pyridine rings is 1. The average Bonchev–Trinajstić information content (AvgIpc) is 2.77. The number of halogens is 1. The van der Waals surface area contributed by atoms with Gasteiger partial charge < -0.3 is 5.11 Å². The van der Waals surface area contributed by atoms with Crippen LogP contribution in [0.1, 0.15) is 20.7 Å². The fourth-order valence-corrected chi connectivity index (χ4v) is 1.27. The molecular weight excluding hydrogens is 229 g/mol. The van der Waals surface area contributed by atoms with Gasteiger partial charge in [-0.15, -0.1) is 0 Å². The standard InChI is InChI=1S/C10H6FN3O3/c11-8-7(10(16)17)1-2-12-9(8)14-4-6(5-15)3-13-14/h1-5H,(H,16,17). The van der Waals surface area contributed by atoms with Crippen molar-refractivity contribution in [3.8, 4) is 5.82 Å². The van der Waals surface area contributed by atoms with E-state index in [1.807, 2.05) is 0 Å². The molecule has 0 aliphatic heterocycles. The summed E-state index contributed by atoms with van der Waals surface area (Å²) in [5.41, 5.74) is -0.259. The van der Waals surface area contributed by atoms with E-state index in [4.69, 9.17) is 5.11 Å². The maximum Gasteiger partial charge on any atom is 0.338 e. The Bertz CT molecular complexity index is 594. The maximum atomic E-state index is 13.7. The lowest BCUT2D eigenvalue weighted by atomic mass is 10.2. The number of carbonyl (C=O) groups is 2. The summed E-state index contributed by atoms with van der Waals surface area (Å²) in [5, 5.41) is 12.4. The van der Waals surface area contributed by atoms with Crippen LogP contribution in [0.3, 0.4) is 0 Å². The Morgan fingerprint density at radius 1 is 1.53 bits per heavy atom. The van der Waals surface area contributed by atoms with Gasteiger partial charge in [-0.05, 0) is 6.07 Å². The smallest absolute Gasteiger partial charge is 0.338 e. The molecule has 0 atom stereocenters. The fraction of sp³-hybridized carbons (Fsp3) is 0. The number of aldehydes is 1. The van der Waals surface area contributed by atoms with Crippen LogP contribution < -0.4 is 0 Å². The molecule has 2 aromatic rings. The largest absolute Gasteiger partial charge is 0.478 e. The van der Waals surface area contributed by atoms with Gasteiger partial charge in [0.15, 0.2) is 17.9 Å². The first-order valence-electron chi connectivity index (χ1n) is 4.51.